The lowest BCUT2D eigenvalue weighted by Gasteiger charge is -2.45. The molecule has 0 spiro atoms. The van der Waals surface area contributed by atoms with Crippen LogP contribution < -0.4 is 10.8 Å². The van der Waals surface area contributed by atoms with Crippen molar-refractivity contribution in [3.05, 3.63) is 53.9 Å². The molecule has 1 aromatic heterocycles. The van der Waals surface area contributed by atoms with Gasteiger partial charge < -0.3 is 5.32 Å². The van der Waals surface area contributed by atoms with Crippen LogP contribution in [0.5, 0.6) is 0 Å². The van der Waals surface area contributed by atoms with Gasteiger partial charge in [0.2, 0.25) is 5.95 Å². The summed E-state index contributed by atoms with van der Waals surface area (Å²) in [5.74, 6) is 0.310. The highest BCUT2D eigenvalue weighted by Crippen LogP contribution is 2.33. The fraction of sp³-hybridized carbons (Fsp3) is 0.450. The van der Waals surface area contributed by atoms with Crippen molar-refractivity contribution in [3.63, 3.8) is 0 Å². The highest BCUT2D eigenvalue weighted by Gasteiger charge is 2.38. The minimum Gasteiger partial charge on any atom is -0.348 e. The number of anilines is 1. The van der Waals surface area contributed by atoms with E-state index in [0.29, 0.717) is 11.9 Å². The summed E-state index contributed by atoms with van der Waals surface area (Å²) in [4.78, 5) is 22.4. The van der Waals surface area contributed by atoms with Gasteiger partial charge in [-0.05, 0) is 24.3 Å². The van der Waals surface area contributed by atoms with Crippen LogP contribution in [0.3, 0.4) is 0 Å². The van der Waals surface area contributed by atoms with Crippen LogP contribution in [0.4, 0.5) is 5.95 Å². The molecule has 7 nitrogen and oxygen atoms in total. The molecular weight excluding hydrogens is 342 g/mol. The molecule has 3 N–H and O–H groups in total. The van der Waals surface area contributed by atoms with Gasteiger partial charge in [-0.1, -0.05) is 44.2 Å². The Morgan fingerprint density at radius 1 is 1.19 bits per heavy atom. The molecule has 0 saturated carbocycles. The van der Waals surface area contributed by atoms with Crippen LogP contribution in [0.2, 0.25) is 0 Å². The van der Waals surface area contributed by atoms with Crippen molar-refractivity contribution in [1.82, 2.24) is 20.3 Å². The highest BCUT2D eigenvalue weighted by molar-refractivity contribution is 5.92. The molecule has 7 heteroatoms. The second-order valence-corrected chi connectivity index (χ2v) is 7.43. The maximum atomic E-state index is 11.4. The third-order valence-corrected chi connectivity index (χ3v) is 5.48. The number of nitrogens with zero attached hydrogens (tertiary/aromatic N) is 3. The first-order chi connectivity index (χ1) is 13.0. The summed E-state index contributed by atoms with van der Waals surface area (Å²) in [6.07, 6.45) is 4.83. The topological polar surface area (TPSA) is 90.4 Å². The molecule has 0 aliphatic carbocycles. The number of rotatable bonds is 6. The maximum absolute atomic E-state index is 11.4. The molecule has 1 fully saturated rings. The number of benzene rings is 1. The van der Waals surface area contributed by atoms with Crippen LogP contribution in [0.25, 0.3) is 0 Å². The molecule has 1 aliphatic heterocycles. The van der Waals surface area contributed by atoms with Gasteiger partial charge in [0, 0.05) is 37.6 Å². The second kappa shape index (κ2) is 8.45. The van der Waals surface area contributed by atoms with Gasteiger partial charge in [0.25, 0.3) is 5.91 Å². The lowest BCUT2D eigenvalue weighted by Crippen LogP contribution is -2.52. The molecule has 1 saturated heterocycles. The van der Waals surface area contributed by atoms with Gasteiger partial charge in [-0.2, -0.15) is 0 Å². The zero-order valence-corrected chi connectivity index (χ0v) is 15.9. The largest absolute Gasteiger partial charge is 0.348 e. The SMILES string of the molecule is CC(C)C1(Nc2ncc(C(=O)NO)cn2)CCN(Cc2ccccc2)CC1. The van der Waals surface area contributed by atoms with E-state index in [9.17, 15) is 4.79 Å². The minimum atomic E-state index is -0.616. The molecule has 0 radical (unpaired) electrons. The van der Waals surface area contributed by atoms with Gasteiger partial charge >= 0.3 is 0 Å². The van der Waals surface area contributed by atoms with E-state index >= 15 is 0 Å². The van der Waals surface area contributed by atoms with Crippen LogP contribution in [0, 0.1) is 5.92 Å². The zero-order chi connectivity index (χ0) is 19.3. The van der Waals surface area contributed by atoms with Gasteiger partial charge in [0.1, 0.15) is 0 Å². The molecular formula is C20H27N5O2. The number of piperidine rings is 1. The van der Waals surface area contributed by atoms with Gasteiger partial charge in [-0.25, -0.2) is 15.4 Å². The summed E-state index contributed by atoms with van der Waals surface area (Å²) in [6, 6.07) is 10.5. The van der Waals surface area contributed by atoms with Crippen molar-refractivity contribution in [3.8, 4) is 0 Å². The minimum absolute atomic E-state index is 0.0755. The first-order valence-electron chi connectivity index (χ1n) is 9.33. The van der Waals surface area contributed by atoms with E-state index in [-0.39, 0.29) is 11.1 Å². The van der Waals surface area contributed by atoms with Crippen molar-refractivity contribution >= 4 is 11.9 Å². The first kappa shape index (κ1) is 19.3. The number of amides is 1. The van der Waals surface area contributed by atoms with Crippen LogP contribution in [0.15, 0.2) is 42.7 Å². The summed E-state index contributed by atoms with van der Waals surface area (Å²) in [6.45, 7) is 7.41. The lowest BCUT2D eigenvalue weighted by atomic mass is 9.78. The Morgan fingerprint density at radius 3 is 2.37 bits per heavy atom. The number of carbonyl (C=O) groups excluding carboxylic acids is 1. The second-order valence-electron chi connectivity index (χ2n) is 7.43. The molecule has 0 bridgehead atoms. The highest BCUT2D eigenvalue weighted by atomic mass is 16.5. The van der Waals surface area contributed by atoms with Gasteiger partial charge in [-0.3, -0.25) is 14.9 Å². The van der Waals surface area contributed by atoms with Gasteiger partial charge in [0.05, 0.1) is 5.56 Å². The van der Waals surface area contributed by atoms with Crippen molar-refractivity contribution in [1.29, 1.82) is 0 Å². The summed E-state index contributed by atoms with van der Waals surface area (Å²) < 4.78 is 0. The fourth-order valence-corrected chi connectivity index (χ4v) is 3.60. The Kier molecular flexibility index (Phi) is 6.03. The van der Waals surface area contributed by atoms with E-state index in [1.54, 1.807) is 5.48 Å². The normalized spacial score (nSPS) is 16.9. The Hall–Kier alpha value is -2.51. The van der Waals surface area contributed by atoms with Crippen molar-refractivity contribution in [2.45, 2.75) is 38.8 Å². The molecule has 1 aliphatic rings. The van der Waals surface area contributed by atoms with Crippen molar-refractivity contribution in [2.24, 2.45) is 5.92 Å². The Balaban J connectivity index is 1.64. The predicted octanol–water partition coefficient (Wildman–Crippen LogP) is 2.70. The van der Waals surface area contributed by atoms with E-state index in [4.69, 9.17) is 5.21 Å². The van der Waals surface area contributed by atoms with Crippen molar-refractivity contribution in [2.75, 3.05) is 18.4 Å². The molecule has 0 atom stereocenters. The Morgan fingerprint density at radius 2 is 1.81 bits per heavy atom. The number of aromatic nitrogens is 2. The summed E-state index contributed by atoms with van der Waals surface area (Å²) in [5, 5.41) is 12.2. The number of hydroxylamine groups is 1. The predicted molar refractivity (Wildman–Crippen MR) is 103 cm³/mol. The standard InChI is InChI=1S/C20H27N5O2/c1-15(2)20(23-19-21-12-17(13-22-19)18(26)24-27)8-10-25(11-9-20)14-16-6-4-3-5-7-16/h3-7,12-13,15,27H,8-11,14H2,1-2H3,(H,24,26)(H,21,22,23). The molecule has 27 heavy (non-hydrogen) atoms. The molecule has 3 rings (SSSR count). The van der Waals surface area contributed by atoms with E-state index in [2.05, 4.69) is 58.3 Å². The summed E-state index contributed by atoms with van der Waals surface area (Å²) in [7, 11) is 0. The molecule has 1 amide bonds. The number of hydrogen-bond acceptors (Lipinski definition) is 6. The molecule has 0 unspecified atom stereocenters. The third-order valence-electron chi connectivity index (χ3n) is 5.48. The molecule has 1 aromatic carbocycles. The summed E-state index contributed by atoms with van der Waals surface area (Å²) in [5.41, 5.74) is 3.07. The number of carbonyl (C=O) groups is 1. The first-order valence-corrected chi connectivity index (χ1v) is 9.33. The van der Waals surface area contributed by atoms with Gasteiger partial charge in [0.15, 0.2) is 0 Å². The zero-order valence-electron chi connectivity index (χ0n) is 15.9. The van der Waals surface area contributed by atoms with Crippen LogP contribution >= 0.6 is 0 Å². The van der Waals surface area contributed by atoms with E-state index in [1.807, 2.05) is 6.07 Å². The van der Waals surface area contributed by atoms with Gasteiger partial charge in [-0.15, -0.1) is 0 Å². The number of nitrogens with one attached hydrogen (secondary N) is 2. The van der Waals surface area contributed by atoms with E-state index in [0.717, 1.165) is 32.5 Å². The lowest BCUT2D eigenvalue weighted by molar-refractivity contribution is 0.0705. The molecule has 144 valence electrons. The average molecular weight is 369 g/mol. The van der Waals surface area contributed by atoms with Crippen LogP contribution in [-0.2, 0) is 6.54 Å². The molecule has 2 heterocycles. The van der Waals surface area contributed by atoms with Crippen molar-refractivity contribution < 1.29 is 10.0 Å². The Labute approximate surface area is 159 Å². The third kappa shape index (κ3) is 4.61. The number of hydrogen-bond donors (Lipinski definition) is 3. The smallest absolute Gasteiger partial charge is 0.277 e. The fourth-order valence-electron chi connectivity index (χ4n) is 3.60. The van der Waals surface area contributed by atoms with E-state index < -0.39 is 5.91 Å². The molecule has 2 aromatic rings. The average Bonchev–Trinajstić information content (AvgIpc) is 2.70. The summed E-state index contributed by atoms with van der Waals surface area (Å²) >= 11 is 0. The van der Waals surface area contributed by atoms with Crippen LogP contribution in [0.1, 0.15) is 42.6 Å². The van der Waals surface area contributed by atoms with E-state index in [1.165, 1.54) is 18.0 Å². The number of likely N-dealkylation sites (tertiary alicyclic amines) is 1. The van der Waals surface area contributed by atoms with Crippen LogP contribution in [-0.4, -0.2) is 44.6 Å². The maximum Gasteiger partial charge on any atom is 0.277 e. The quantitative estimate of drug-likeness (QED) is 0.536. The monoisotopic (exact) mass is 369 g/mol. The Bertz CT molecular complexity index is 741.